The van der Waals surface area contributed by atoms with Crippen molar-refractivity contribution in [1.29, 1.82) is 0 Å². The predicted molar refractivity (Wildman–Crippen MR) is 117 cm³/mol. The number of halogens is 1. The van der Waals surface area contributed by atoms with Gasteiger partial charge in [-0.1, -0.05) is 32.4 Å². The molecule has 0 atom stereocenters. The molecule has 0 unspecified atom stereocenters. The molecule has 0 bridgehead atoms. The van der Waals surface area contributed by atoms with Gasteiger partial charge in [0.1, 0.15) is 11.4 Å². The number of benzene rings is 1. The summed E-state index contributed by atoms with van der Waals surface area (Å²) in [5.74, 6) is 1.87. The van der Waals surface area contributed by atoms with Crippen molar-refractivity contribution in [3.63, 3.8) is 0 Å². The maximum absolute atomic E-state index is 6.57. The number of anilines is 1. The van der Waals surface area contributed by atoms with Crippen LogP contribution in [0.1, 0.15) is 59.6 Å². The molecule has 1 heterocycles. The summed E-state index contributed by atoms with van der Waals surface area (Å²) in [7, 11) is 1.60. The molecule has 0 amide bonds. The molecule has 154 valence electrons. The molecule has 2 aromatic rings. The second-order valence-electron chi connectivity index (χ2n) is 7.53. The quantitative estimate of drug-likeness (QED) is 0.531. The highest BCUT2D eigenvalue weighted by Gasteiger charge is 2.20. The zero-order valence-corrected chi connectivity index (χ0v) is 18.8. The number of nitrogens with one attached hydrogen (secondary N) is 1. The topological polar surface area (TPSA) is 56.3 Å². The summed E-state index contributed by atoms with van der Waals surface area (Å²) in [5.41, 5.74) is 2.06. The smallest absolute Gasteiger partial charge is 0.257 e. The molecule has 0 saturated heterocycles. The molecule has 0 fully saturated rings. The molecule has 6 heteroatoms. The Hall–Kier alpha value is -2.01. The van der Waals surface area contributed by atoms with Crippen LogP contribution in [0.4, 0.5) is 5.82 Å². The van der Waals surface area contributed by atoms with Crippen LogP contribution < -0.4 is 14.8 Å². The van der Waals surface area contributed by atoms with E-state index in [1.807, 2.05) is 25.1 Å². The normalized spacial score (nSPS) is 11.6. The molecule has 0 aliphatic carbocycles. The molecular formula is C22H32ClN3O2. The molecule has 0 radical (unpaired) electrons. The van der Waals surface area contributed by atoms with Crippen molar-refractivity contribution in [2.24, 2.45) is 0 Å². The van der Waals surface area contributed by atoms with E-state index in [-0.39, 0.29) is 5.60 Å². The molecule has 0 aliphatic rings. The van der Waals surface area contributed by atoms with Crippen LogP contribution in [0.2, 0.25) is 5.02 Å². The fourth-order valence-electron chi connectivity index (χ4n) is 2.82. The number of hydrogen-bond acceptors (Lipinski definition) is 5. The summed E-state index contributed by atoms with van der Waals surface area (Å²) in [6, 6.07) is 6.00. The van der Waals surface area contributed by atoms with Crippen LogP contribution in [-0.2, 0) is 0 Å². The highest BCUT2D eigenvalue weighted by molar-refractivity contribution is 6.33. The number of methoxy groups -OCH3 is 1. The molecule has 0 saturated carbocycles. The van der Waals surface area contributed by atoms with Crippen LogP contribution in [0.5, 0.6) is 11.6 Å². The number of aryl methyl sites for hydroxylation is 1. The average Bonchev–Trinajstić information content (AvgIpc) is 2.66. The van der Waals surface area contributed by atoms with Crippen molar-refractivity contribution in [3.05, 3.63) is 28.9 Å². The van der Waals surface area contributed by atoms with Gasteiger partial charge in [-0.3, -0.25) is 0 Å². The van der Waals surface area contributed by atoms with Crippen LogP contribution in [0.15, 0.2) is 18.2 Å². The van der Waals surface area contributed by atoms with Crippen molar-refractivity contribution in [1.82, 2.24) is 9.97 Å². The fraction of sp³-hybridized carbons (Fsp3) is 0.545. The summed E-state index contributed by atoms with van der Waals surface area (Å²) < 4.78 is 11.5. The SMILES string of the molecule is CCC(CC)Nc1nc(C)c(-c2ccc(OC(C)(C)CC)cc2Cl)nc1OC. The molecule has 1 aromatic heterocycles. The fourth-order valence-corrected chi connectivity index (χ4v) is 3.08. The summed E-state index contributed by atoms with van der Waals surface area (Å²) >= 11 is 6.57. The van der Waals surface area contributed by atoms with Crippen LogP contribution >= 0.6 is 11.6 Å². The van der Waals surface area contributed by atoms with Crippen molar-refractivity contribution < 1.29 is 9.47 Å². The number of aromatic nitrogens is 2. The summed E-state index contributed by atoms with van der Waals surface area (Å²) in [6.07, 6.45) is 2.91. The Kier molecular flexibility index (Phi) is 7.53. The van der Waals surface area contributed by atoms with Gasteiger partial charge < -0.3 is 14.8 Å². The monoisotopic (exact) mass is 405 g/mol. The molecular weight excluding hydrogens is 374 g/mol. The highest BCUT2D eigenvalue weighted by atomic mass is 35.5. The summed E-state index contributed by atoms with van der Waals surface area (Å²) in [4.78, 5) is 9.40. The number of rotatable bonds is 9. The van der Waals surface area contributed by atoms with Crippen LogP contribution in [-0.4, -0.2) is 28.7 Å². The maximum Gasteiger partial charge on any atom is 0.257 e. The predicted octanol–water partition coefficient (Wildman–Crippen LogP) is 6.28. The van der Waals surface area contributed by atoms with E-state index in [2.05, 4.69) is 39.9 Å². The van der Waals surface area contributed by atoms with E-state index in [4.69, 9.17) is 31.0 Å². The third-order valence-electron chi connectivity index (χ3n) is 5.00. The van der Waals surface area contributed by atoms with E-state index >= 15 is 0 Å². The van der Waals surface area contributed by atoms with Crippen LogP contribution in [0.25, 0.3) is 11.3 Å². The van der Waals surface area contributed by atoms with E-state index in [1.165, 1.54) is 0 Å². The zero-order valence-electron chi connectivity index (χ0n) is 18.0. The van der Waals surface area contributed by atoms with Gasteiger partial charge in [0, 0.05) is 11.6 Å². The lowest BCUT2D eigenvalue weighted by atomic mass is 10.1. The van der Waals surface area contributed by atoms with E-state index in [9.17, 15) is 0 Å². The summed E-state index contributed by atoms with van der Waals surface area (Å²) in [6.45, 7) is 12.4. The third kappa shape index (κ3) is 5.28. The van der Waals surface area contributed by atoms with Crippen molar-refractivity contribution in [2.45, 2.75) is 72.4 Å². The molecule has 1 aromatic carbocycles. The van der Waals surface area contributed by atoms with Crippen molar-refractivity contribution >= 4 is 17.4 Å². The standard InChI is InChI=1S/C22H32ClN3O2/c1-8-15(9-2)25-20-21(27-7)26-19(14(4)24-20)17-12-11-16(13-18(17)23)28-22(5,6)10-3/h11-13,15H,8-10H2,1-7H3,(H,24,25). The van der Waals surface area contributed by atoms with Crippen molar-refractivity contribution in [3.8, 4) is 22.9 Å². The van der Waals surface area contributed by atoms with E-state index in [0.29, 0.717) is 28.5 Å². The zero-order chi connectivity index (χ0) is 20.9. The van der Waals surface area contributed by atoms with Gasteiger partial charge in [0.15, 0.2) is 5.82 Å². The summed E-state index contributed by atoms with van der Waals surface area (Å²) in [5, 5.41) is 4.00. The Morgan fingerprint density at radius 1 is 1.14 bits per heavy atom. The van der Waals surface area contributed by atoms with Crippen LogP contribution in [0, 0.1) is 6.92 Å². The molecule has 0 aliphatic heterocycles. The Labute approximate surface area is 173 Å². The van der Waals surface area contributed by atoms with Crippen LogP contribution in [0.3, 0.4) is 0 Å². The first kappa shape index (κ1) is 22.3. The Morgan fingerprint density at radius 2 is 1.82 bits per heavy atom. The minimum Gasteiger partial charge on any atom is -0.488 e. The molecule has 1 N–H and O–H groups in total. The lowest BCUT2D eigenvalue weighted by molar-refractivity contribution is 0.105. The van der Waals surface area contributed by atoms with E-state index < -0.39 is 0 Å². The molecule has 2 rings (SSSR count). The Bertz CT molecular complexity index is 805. The largest absolute Gasteiger partial charge is 0.488 e. The minimum absolute atomic E-state index is 0.244. The van der Waals surface area contributed by atoms with Gasteiger partial charge >= 0.3 is 0 Å². The van der Waals surface area contributed by atoms with Gasteiger partial charge in [0.05, 0.1) is 23.5 Å². The highest BCUT2D eigenvalue weighted by Crippen LogP contribution is 2.35. The molecule has 28 heavy (non-hydrogen) atoms. The lowest BCUT2D eigenvalue weighted by Crippen LogP contribution is -2.26. The number of ether oxygens (including phenoxy) is 2. The first-order valence-corrected chi connectivity index (χ1v) is 10.3. The van der Waals surface area contributed by atoms with E-state index in [0.717, 1.165) is 36.3 Å². The third-order valence-corrected chi connectivity index (χ3v) is 5.31. The van der Waals surface area contributed by atoms with Gasteiger partial charge in [0.2, 0.25) is 0 Å². The second-order valence-corrected chi connectivity index (χ2v) is 7.94. The number of hydrogen-bond donors (Lipinski definition) is 1. The Morgan fingerprint density at radius 3 is 2.36 bits per heavy atom. The first-order chi connectivity index (χ1) is 13.2. The first-order valence-electron chi connectivity index (χ1n) is 9.92. The lowest BCUT2D eigenvalue weighted by Gasteiger charge is -2.25. The van der Waals surface area contributed by atoms with Gasteiger partial charge in [-0.25, -0.2) is 9.97 Å². The van der Waals surface area contributed by atoms with Gasteiger partial charge in [-0.2, -0.15) is 0 Å². The average molecular weight is 406 g/mol. The second kappa shape index (κ2) is 9.46. The minimum atomic E-state index is -0.244. The van der Waals surface area contributed by atoms with E-state index in [1.54, 1.807) is 7.11 Å². The molecule has 0 spiro atoms. The van der Waals surface area contributed by atoms with Crippen molar-refractivity contribution in [2.75, 3.05) is 12.4 Å². The maximum atomic E-state index is 6.57. The van der Waals surface area contributed by atoms with Gasteiger partial charge in [-0.05, 0) is 58.2 Å². The number of nitrogens with zero attached hydrogens (tertiary/aromatic N) is 2. The van der Waals surface area contributed by atoms with Gasteiger partial charge in [-0.15, -0.1) is 0 Å². The van der Waals surface area contributed by atoms with Gasteiger partial charge in [0.25, 0.3) is 5.88 Å². The Balaban J connectivity index is 2.39. The molecule has 5 nitrogen and oxygen atoms in total.